The lowest BCUT2D eigenvalue weighted by Crippen LogP contribution is -2.06. The van der Waals surface area contributed by atoms with Crippen molar-refractivity contribution in [2.45, 2.75) is 6.61 Å². The zero-order chi connectivity index (χ0) is 14.5. The van der Waals surface area contributed by atoms with Crippen molar-refractivity contribution in [1.82, 2.24) is 4.98 Å². The molecule has 20 heavy (non-hydrogen) atoms. The van der Waals surface area contributed by atoms with Crippen LogP contribution in [-0.4, -0.2) is 11.0 Å². The molecule has 1 heterocycles. The Hall–Kier alpha value is -2.94. The summed E-state index contributed by atoms with van der Waals surface area (Å²) in [5, 5.41) is 8.70. The van der Waals surface area contributed by atoms with Gasteiger partial charge in [0.2, 0.25) is 0 Å². The molecular formula is C14H10FN3O2. The fraction of sp³-hybridized carbons (Fsp3) is 0.0714. The van der Waals surface area contributed by atoms with E-state index < -0.39 is 11.8 Å². The number of benzene rings is 1. The summed E-state index contributed by atoms with van der Waals surface area (Å²) in [6.07, 6.45) is 1.45. The first kappa shape index (κ1) is 13.5. The number of rotatable bonds is 3. The first-order chi connectivity index (χ1) is 9.60. The summed E-state index contributed by atoms with van der Waals surface area (Å²) in [6, 6.07) is 8.72. The van der Waals surface area contributed by atoms with Gasteiger partial charge in [-0.15, -0.1) is 0 Å². The third-order valence-corrected chi connectivity index (χ3v) is 2.54. The zero-order valence-corrected chi connectivity index (χ0v) is 10.3. The number of hydrogen-bond donors (Lipinski definition) is 1. The molecule has 2 N–H and O–H groups in total. The van der Waals surface area contributed by atoms with Crippen LogP contribution in [0.15, 0.2) is 36.5 Å². The van der Waals surface area contributed by atoms with Gasteiger partial charge in [-0.25, -0.2) is 14.2 Å². The Balaban J connectivity index is 2.05. The number of hydrogen-bond acceptors (Lipinski definition) is 5. The minimum atomic E-state index is -0.671. The van der Waals surface area contributed by atoms with E-state index in [0.717, 1.165) is 6.07 Å². The summed E-state index contributed by atoms with van der Waals surface area (Å²) in [6.45, 7) is -0.0258. The maximum atomic E-state index is 13.2. The number of carbonyl (C=O) groups excluding carboxylic acids is 1. The van der Waals surface area contributed by atoms with Crippen LogP contribution in [0.5, 0.6) is 0 Å². The molecule has 5 nitrogen and oxygen atoms in total. The molecular weight excluding hydrogens is 261 g/mol. The monoisotopic (exact) mass is 271 g/mol. The molecule has 0 amide bonds. The molecule has 0 aliphatic carbocycles. The standard InChI is InChI=1S/C14H10FN3O2/c15-12-6-10(1-2-13(12)17)14(19)20-8-9-3-4-18-11(5-9)7-16/h1-6H,8,17H2. The highest BCUT2D eigenvalue weighted by atomic mass is 19.1. The van der Waals surface area contributed by atoms with Crippen molar-refractivity contribution in [3.63, 3.8) is 0 Å². The molecule has 0 aliphatic rings. The molecule has 0 spiro atoms. The van der Waals surface area contributed by atoms with E-state index in [-0.39, 0.29) is 23.6 Å². The van der Waals surface area contributed by atoms with Gasteiger partial charge in [0.25, 0.3) is 0 Å². The number of halogens is 1. The molecule has 100 valence electrons. The number of nitriles is 1. The van der Waals surface area contributed by atoms with Crippen molar-refractivity contribution in [3.05, 3.63) is 59.2 Å². The first-order valence-electron chi connectivity index (χ1n) is 5.67. The van der Waals surface area contributed by atoms with Crippen molar-refractivity contribution in [1.29, 1.82) is 5.26 Å². The van der Waals surface area contributed by atoms with E-state index in [1.807, 2.05) is 6.07 Å². The van der Waals surface area contributed by atoms with Crippen molar-refractivity contribution < 1.29 is 13.9 Å². The Kier molecular flexibility index (Phi) is 3.91. The number of aromatic nitrogens is 1. The molecule has 1 aromatic carbocycles. The van der Waals surface area contributed by atoms with Gasteiger partial charge in [-0.3, -0.25) is 0 Å². The van der Waals surface area contributed by atoms with Gasteiger partial charge < -0.3 is 10.5 Å². The number of ether oxygens (including phenoxy) is 1. The van der Waals surface area contributed by atoms with Crippen LogP contribution in [0.2, 0.25) is 0 Å². The van der Waals surface area contributed by atoms with E-state index in [4.69, 9.17) is 15.7 Å². The summed E-state index contributed by atoms with van der Waals surface area (Å²) >= 11 is 0. The Morgan fingerprint density at radius 1 is 1.40 bits per heavy atom. The molecule has 0 unspecified atom stereocenters. The largest absolute Gasteiger partial charge is 0.457 e. The van der Waals surface area contributed by atoms with E-state index in [9.17, 15) is 9.18 Å². The summed E-state index contributed by atoms with van der Waals surface area (Å²) < 4.78 is 18.2. The van der Waals surface area contributed by atoms with Crippen LogP contribution in [0.1, 0.15) is 21.6 Å². The lowest BCUT2D eigenvalue weighted by Gasteiger charge is -2.06. The number of nitrogens with zero attached hydrogens (tertiary/aromatic N) is 2. The zero-order valence-electron chi connectivity index (χ0n) is 10.3. The van der Waals surface area contributed by atoms with Crippen LogP contribution >= 0.6 is 0 Å². The van der Waals surface area contributed by atoms with Gasteiger partial charge in [0.15, 0.2) is 0 Å². The summed E-state index contributed by atoms with van der Waals surface area (Å²) in [5.41, 5.74) is 6.22. The van der Waals surface area contributed by atoms with Gasteiger partial charge in [0.1, 0.15) is 24.2 Å². The normalized spacial score (nSPS) is 9.80. The highest BCUT2D eigenvalue weighted by molar-refractivity contribution is 5.89. The molecule has 0 bridgehead atoms. The summed E-state index contributed by atoms with van der Waals surface area (Å²) in [7, 11) is 0. The molecule has 0 atom stereocenters. The van der Waals surface area contributed by atoms with Crippen LogP contribution in [-0.2, 0) is 11.3 Å². The molecule has 6 heteroatoms. The van der Waals surface area contributed by atoms with Gasteiger partial charge in [0, 0.05) is 6.20 Å². The Bertz CT molecular complexity index is 695. The van der Waals surface area contributed by atoms with Gasteiger partial charge >= 0.3 is 5.97 Å². The van der Waals surface area contributed by atoms with Crippen molar-refractivity contribution in [2.24, 2.45) is 0 Å². The van der Waals surface area contributed by atoms with Gasteiger partial charge in [-0.1, -0.05) is 0 Å². The highest BCUT2D eigenvalue weighted by Crippen LogP contribution is 2.13. The maximum Gasteiger partial charge on any atom is 0.338 e. The Morgan fingerprint density at radius 3 is 2.90 bits per heavy atom. The lowest BCUT2D eigenvalue weighted by atomic mass is 10.2. The molecule has 0 saturated carbocycles. The minimum Gasteiger partial charge on any atom is -0.457 e. The number of anilines is 1. The van der Waals surface area contributed by atoms with Gasteiger partial charge in [0.05, 0.1) is 11.3 Å². The molecule has 0 aliphatic heterocycles. The summed E-state index contributed by atoms with van der Waals surface area (Å²) in [5.74, 6) is -1.34. The Labute approximate surface area is 114 Å². The van der Waals surface area contributed by atoms with Crippen LogP contribution in [0.4, 0.5) is 10.1 Å². The number of nitrogens with two attached hydrogens (primary N) is 1. The number of esters is 1. The Morgan fingerprint density at radius 2 is 2.20 bits per heavy atom. The third-order valence-electron chi connectivity index (χ3n) is 2.54. The van der Waals surface area contributed by atoms with E-state index in [2.05, 4.69) is 4.98 Å². The summed E-state index contributed by atoms with van der Waals surface area (Å²) in [4.78, 5) is 15.5. The predicted molar refractivity (Wildman–Crippen MR) is 68.9 cm³/mol. The topological polar surface area (TPSA) is 89.0 Å². The highest BCUT2D eigenvalue weighted by Gasteiger charge is 2.10. The van der Waals surface area contributed by atoms with Crippen LogP contribution in [0.25, 0.3) is 0 Å². The average molecular weight is 271 g/mol. The molecule has 1 aromatic heterocycles. The van der Waals surface area contributed by atoms with Crippen LogP contribution in [0, 0.1) is 17.1 Å². The second kappa shape index (κ2) is 5.80. The van der Waals surface area contributed by atoms with Crippen molar-refractivity contribution >= 4 is 11.7 Å². The van der Waals surface area contributed by atoms with E-state index in [1.54, 1.807) is 6.07 Å². The molecule has 0 fully saturated rings. The molecule has 2 aromatic rings. The molecule has 0 saturated heterocycles. The first-order valence-corrected chi connectivity index (χ1v) is 5.67. The van der Waals surface area contributed by atoms with Crippen molar-refractivity contribution in [2.75, 3.05) is 5.73 Å². The quantitative estimate of drug-likeness (QED) is 0.681. The number of carbonyl (C=O) groups is 1. The van der Waals surface area contributed by atoms with Gasteiger partial charge in [-0.2, -0.15) is 5.26 Å². The number of pyridine rings is 1. The third kappa shape index (κ3) is 3.09. The van der Waals surface area contributed by atoms with E-state index >= 15 is 0 Å². The molecule has 0 radical (unpaired) electrons. The van der Waals surface area contributed by atoms with Crippen LogP contribution < -0.4 is 5.73 Å². The second-order valence-corrected chi connectivity index (χ2v) is 3.97. The van der Waals surface area contributed by atoms with Crippen molar-refractivity contribution in [3.8, 4) is 6.07 Å². The lowest BCUT2D eigenvalue weighted by molar-refractivity contribution is 0.0472. The SMILES string of the molecule is N#Cc1cc(COC(=O)c2ccc(N)c(F)c2)ccn1. The van der Waals surface area contributed by atoms with E-state index in [1.165, 1.54) is 24.4 Å². The van der Waals surface area contributed by atoms with Gasteiger partial charge in [-0.05, 0) is 35.9 Å². The van der Waals surface area contributed by atoms with E-state index in [0.29, 0.717) is 5.56 Å². The fourth-order valence-corrected chi connectivity index (χ4v) is 1.51. The maximum absolute atomic E-state index is 13.2. The smallest absolute Gasteiger partial charge is 0.338 e. The number of nitrogen functional groups attached to an aromatic ring is 1. The minimum absolute atomic E-state index is 0.0258. The predicted octanol–water partition coefficient (Wildman–Crippen LogP) is 2.03. The average Bonchev–Trinajstić information content (AvgIpc) is 2.47. The second-order valence-electron chi connectivity index (χ2n) is 3.97. The van der Waals surface area contributed by atoms with Crippen LogP contribution in [0.3, 0.4) is 0 Å². The fourth-order valence-electron chi connectivity index (χ4n) is 1.51. The molecule has 2 rings (SSSR count).